The highest BCUT2D eigenvalue weighted by molar-refractivity contribution is 7.90. The predicted octanol–water partition coefficient (Wildman–Crippen LogP) is 3.50. The van der Waals surface area contributed by atoms with E-state index < -0.39 is 15.2 Å². The van der Waals surface area contributed by atoms with Crippen LogP contribution in [-0.4, -0.2) is 49.0 Å². The fraction of sp³-hybridized carbons (Fsp3) is 0.591. The summed E-state index contributed by atoms with van der Waals surface area (Å²) in [6.45, 7) is 6.60. The van der Waals surface area contributed by atoms with Gasteiger partial charge in [0.2, 0.25) is 10.0 Å². The van der Waals surface area contributed by atoms with Crippen LogP contribution in [0.2, 0.25) is 0 Å². The van der Waals surface area contributed by atoms with Crippen molar-refractivity contribution in [2.75, 3.05) is 18.3 Å². The van der Waals surface area contributed by atoms with Gasteiger partial charge in [0.1, 0.15) is 11.0 Å². The van der Waals surface area contributed by atoms with Crippen molar-refractivity contribution in [2.24, 2.45) is 0 Å². The van der Waals surface area contributed by atoms with Gasteiger partial charge in [-0.15, -0.1) is 17.5 Å². The zero-order valence-electron chi connectivity index (χ0n) is 17.2. The Kier molecular flexibility index (Phi) is 7.06. The number of hydrogen-bond acceptors (Lipinski definition) is 4. The second-order valence-corrected chi connectivity index (χ2v) is 10.4. The Labute approximate surface area is 178 Å². The summed E-state index contributed by atoms with van der Waals surface area (Å²) < 4.78 is 31.7. The maximum atomic E-state index is 13.2. The number of fused-ring (bicyclic) bond motifs is 1. The molecule has 0 aromatic heterocycles. The lowest BCUT2D eigenvalue weighted by atomic mass is 9.82. The van der Waals surface area contributed by atoms with Crippen LogP contribution in [0.15, 0.2) is 12.1 Å². The molecule has 2 heterocycles. The van der Waals surface area contributed by atoms with E-state index in [9.17, 15) is 13.2 Å². The van der Waals surface area contributed by atoms with Gasteiger partial charge in [-0.3, -0.25) is 4.79 Å². The van der Waals surface area contributed by atoms with Gasteiger partial charge in [0.25, 0.3) is 0 Å². The normalized spacial score (nSPS) is 26.1. The molecule has 2 fully saturated rings. The number of ketones is 1. The first-order chi connectivity index (χ1) is 13.8. The van der Waals surface area contributed by atoms with Gasteiger partial charge < -0.3 is 4.74 Å². The molecule has 0 aliphatic carbocycles. The lowest BCUT2D eigenvalue weighted by molar-refractivity contribution is -0.121. The number of carbonyl (C=O) groups is 1. The number of nitrogens with zero attached hydrogens (tertiary/aromatic N) is 1. The number of Topliss-reactive ketones (excluding diaryl/α,β-unsaturated/α-hetero) is 1. The third-order valence-corrected chi connectivity index (χ3v) is 7.98. The molecule has 0 saturated carbocycles. The summed E-state index contributed by atoms with van der Waals surface area (Å²) in [6.07, 6.45) is 2.11. The summed E-state index contributed by atoms with van der Waals surface area (Å²) in [7, 11) is -3.48. The number of benzene rings is 1. The summed E-state index contributed by atoms with van der Waals surface area (Å²) in [5.74, 6) is 5.81. The van der Waals surface area contributed by atoms with Crippen molar-refractivity contribution < 1.29 is 17.9 Å². The van der Waals surface area contributed by atoms with Gasteiger partial charge in [0.05, 0.1) is 18.1 Å². The predicted molar refractivity (Wildman–Crippen MR) is 115 cm³/mol. The Morgan fingerprint density at radius 2 is 1.86 bits per heavy atom. The number of epoxide rings is 1. The summed E-state index contributed by atoms with van der Waals surface area (Å²) in [5, 5.41) is -0.433. The molecule has 2 aliphatic heterocycles. The van der Waals surface area contributed by atoms with Gasteiger partial charge >= 0.3 is 0 Å². The fourth-order valence-corrected chi connectivity index (χ4v) is 5.75. The highest BCUT2D eigenvalue weighted by atomic mass is 35.5. The number of carbonyl (C=O) groups excluding carboxylic acids is 1. The fourth-order valence-electron chi connectivity index (χ4n) is 4.39. The van der Waals surface area contributed by atoms with Crippen LogP contribution >= 0.6 is 11.6 Å². The summed E-state index contributed by atoms with van der Waals surface area (Å²) in [6, 6.07) is 4.06. The number of halogens is 1. The van der Waals surface area contributed by atoms with Crippen molar-refractivity contribution in [3.05, 3.63) is 34.4 Å². The number of hydrogen-bond donors (Lipinski definition) is 0. The zero-order chi connectivity index (χ0) is 21.2. The Balaban J connectivity index is 1.88. The van der Waals surface area contributed by atoms with Crippen LogP contribution in [0.25, 0.3) is 0 Å². The summed E-state index contributed by atoms with van der Waals surface area (Å²) in [5.41, 5.74) is 4.09. The lowest BCUT2D eigenvalue weighted by Crippen LogP contribution is -2.34. The molecule has 0 bridgehead atoms. The van der Waals surface area contributed by atoms with E-state index in [0.29, 0.717) is 32.4 Å². The Morgan fingerprint density at radius 1 is 1.21 bits per heavy atom. The SMILES string of the molecule is CC#Cc1cc(C)c(C2C(=O)CCCN(S(=O)(=O)CCl)CCCC3OC32)c(C)c1. The van der Waals surface area contributed by atoms with Gasteiger partial charge in [0, 0.05) is 25.1 Å². The average molecular weight is 438 g/mol. The molecule has 1 aromatic rings. The van der Waals surface area contributed by atoms with Crippen molar-refractivity contribution in [3.8, 4) is 11.8 Å². The molecular formula is C22H28ClNO4S. The molecule has 7 heteroatoms. The Morgan fingerprint density at radius 3 is 2.48 bits per heavy atom. The first-order valence-corrected chi connectivity index (χ1v) is 12.2. The van der Waals surface area contributed by atoms with E-state index >= 15 is 0 Å². The number of sulfonamides is 1. The largest absolute Gasteiger partial charge is 0.368 e. The number of rotatable bonds is 3. The number of alkyl halides is 1. The van der Waals surface area contributed by atoms with E-state index in [-0.39, 0.29) is 23.9 Å². The lowest BCUT2D eigenvalue weighted by Gasteiger charge is -2.21. The van der Waals surface area contributed by atoms with Crippen LogP contribution in [0.4, 0.5) is 0 Å². The van der Waals surface area contributed by atoms with Crippen LogP contribution < -0.4 is 0 Å². The molecule has 0 spiro atoms. The van der Waals surface area contributed by atoms with Crippen molar-refractivity contribution in [1.29, 1.82) is 0 Å². The van der Waals surface area contributed by atoms with Crippen LogP contribution in [0.1, 0.15) is 60.8 Å². The van der Waals surface area contributed by atoms with Crippen molar-refractivity contribution in [3.63, 3.8) is 0 Å². The number of aryl methyl sites for hydroxylation is 2. The van der Waals surface area contributed by atoms with E-state index in [2.05, 4.69) is 11.8 Å². The third-order valence-electron chi connectivity index (χ3n) is 5.73. The molecule has 1 aromatic carbocycles. The van der Waals surface area contributed by atoms with Crippen molar-refractivity contribution in [1.82, 2.24) is 4.31 Å². The van der Waals surface area contributed by atoms with Crippen LogP contribution in [-0.2, 0) is 19.6 Å². The molecule has 3 rings (SSSR count). The van der Waals surface area contributed by atoms with Gasteiger partial charge in [-0.05, 0) is 68.9 Å². The Bertz CT molecular complexity index is 924. The minimum atomic E-state index is -3.48. The first kappa shape index (κ1) is 22.3. The molecule has 3 unspecified atom stereocenters. The van der Waals surface area contributed by atoms with Gasteiger partial charge in [-0.1, -0.05) is 5.92 Å². The van der Waals surface area contributed by atoms with Crippen molar-refractivity contribution >= 4 is 27.4 Å². The smallest absolute Gasteiger partial charge is 0.228 e. The summed E-state index contributed by atoms with van der Waals surface area (Å²) in [4.78, 5) is 13.2. The van der Waals surface area contributed by atoms with Crippen LogP contribution in [0, 0.1) is 25.7 Å². The molecule has 5 nitrogen and oxygen atoms in total. The van der Waals surface area contributed by atoms with Gasteiger partial charge in [0.15, 0.2) is 0 Å². The topological polar surface area (TPSA) is 67.0 Å². The minimum absolute atomic E-state index is 0.00323. The summed E-state index contributed by atoms with van der Waals surface area (Å²) >= 11 is 5.63. The third kappa shape index (κ3) is 5.03. The van der Waals surface area contributed by atoms with Gasteiger partial charge in [-0.25, -0.2) is 12.7 Å². The second kappa shape index (κ2) is 9.18. The molecular weight excluding hydrogens is 410 g/mol. The standard InChI is InChI=1S/C22H28ClNO4S/c1-4-7-17-12-15(2)20(16(3)13-17)21-18(25)8-5-10-24(29(26,27)14-23)11-6-9-19-22(21)28-19/h12-13,19,21-22H,5-6,8-11,14H2,1-3H3. The van der Waals surface area contributed by atoms with E-state index in [4.69, 9.17) is 16.3 Å². The number of ether oxygens (including phenoxy) is 1. The van der Waals surface area contributed by atoms with Crippen molar-refractivity contribution in [2.45, 2.75) is 64.6 Å². The maximum absolute atomic E-state index is 13.2. The average Bonchev–Trinajstić information content (AvgIpc) is 3.41. The monoisotopic (exact) mass is 437 g/mol. The second-order valence-electron chi connectivity index (χ2n) is 7.85. The highest BCUT2D eigenvalue weighted by Gasteiger charge is 2.48. The molecule has 3 atom stereocenters. The molecule has 2 saturated heterocycles. The first-order valence-electron chi connectivity index (χ1n) is 10.0. The quantitative estimate of drug-likeness (QED) is 0.412. The van der Waals surface area contributed by atoms with Crippen LogP contribution in [0.3, 0.4) is 0 Å². The molecule has 0 N–H and O–H groups in total. The molecule has 29 heavy (non-hydrogen) atoms. The molecule has 158 valence electrons. The van der Waals surface area contributed by atoms with E-state index in [1.807, 2.05) is 32.9 Å². The Hall–Kier alpha value is -1.39. The van der Waals surface area contributed by atoms with E-state index in [1.165, 1.54) is 4.31 Å². The minimum Gasteiger partial charge on any atom is -0.368 e. The highest BCUT2D eigenvalue weighted by Crippen LogP contribution is 2.42. The van der Waals surface area contributed by atoms with Crippen LogP contribution in [0.5, 0.6) is 0 Å². The molecule has 0 radical (unpaired) electrons. The zero-order valence-corrected chi connectivity index (χ0v) is 18.8. The molecule has 0 amide bonds. The van der Waals surface area contributed by atoms with E-state index in [0.717, 1.165) is 28.7 Å². The maximum Gasteiger partial charge on any atom is 0.228 e. The van der Waals surface area contributed by atoms with Gasteiger partial charge in [-0.2, -0.15) is 0 Å². The molecule has 2 aliphatic rings. The van der Waals surface area contributed by atoms with E-state index in [1.54, 1.807) is 0 Å².